The Morgan fingerprint density at radius 1 is 1.47 bits per heavy atom. The average molecular weight is 327 g/mol. The number of rotatable bonds is 3. The number of amides is 1. The third-order valence-corrected chi connectivity index (χ3v) is 2.73. The molecule has 100 valence electrons. The maximum absolute atomic E-state index is 10.9. The van der Waals surface area contributed by atoms with Gasteiger partial charge in [0.05, 0.1) is 12.7 Å². The van der Waals surface area contributed by atoms with Crippen LogP contribution in [0.25, 0.3) is 11.4 Å². The van der Waals surface area contributed by atoms with Crippen molar-refractivity contribution in [2.24, 2.45) is 12.8 Å². The summed E-state index contributed by atoms with van der Waals surface area (Å²) in [5.41, 5.74) is 5.62. The van der Waals surface area contributed by atoms with Crippen LogP contribution >= 0.6 is 15.9 Å². The van der Waals surface area contributed by atoms with E-state index in [2.05, 4.69) is 26.0 Å². The molecule has 0 atom stereocenters. The van der Waals surface area contributed by atoms with Crippen LogP contribution in [-0.2, 0) is 7.05 Å². The Morgan fingerprint density at radius 2 is 2.21 bits per heavy atom. The van der Waals surface area contributed by atoms with E-state index in [0.29, 0.717) is 21.6 Å². The molecule has 1 heterocycles. The van der Waals surface area contributed by atoms with Crippen molar-refractivity contribution >= 4 is 22.0 Å². The molecule has 2 aromatic rings. The number of aryl methyl sites for hydroxylation is 1. The van der Waals surface area contributed by atoms with Crippen molar-refractivity contribution in [2.45, 2.75) is 0 Å². The van der Waals surface area contributed by atoms with Crippen LogP contribution in [-0.4, -0.2) is 28.0 Å². The third-order valence-electron chi connectivity index (χ3n) is 2.27. The third kappa shape index (κ3) is 2.84. The molecular formula is C11H11BrN4O3. The van der Waals surface area contributed by atoms with Crippen LogP contribution in [0.4, 0.5) is 4.79 Å². The van der Waals surface area contributed by atoms with Gasteiger partial charge in [-0.1, -0.05) is 15.9 Å². The second-order valence-electron chi connectivity index (χ2n) is 3.65. The smallest absolute Gasteiger partial charge is 0.410 e. The molecule has 0 bridgehead atoms. The number of ether oxygens (including phenoxy) is 2. The zero-order chi connectivity index (χ0) is 14.0. The summed E-state index contributed by atoms with van der Waals surface area (Å²) in [6, 6.07) is 3.35. The maximum atomic E-state index is 10.9. The van der Waals surface area contributed by atoms with Gasteiger partial charge in [0, 0.05) is 11.5 Å². The molecule has 2 rings (SSSR count). The summed E-state index contributed by atoms with van der Waals surface area (Å²) in [6.45, 7) is 0. The predicted octanol–water partition coefficient (Wildman–Crippen LogP) is 1.71. The minimum absolute atomic E-state index is 0.201. The molecule has 0 spiro atoms. The number of halogens is 1. The Balaban J connectivity index is 2.59. The zero-order valence-electron chi connectivity index (χ0n) is 10.3. The van der Waals surface area contributed by atoms with E-state index in [1.165, 1.54) is 7.11 Å². The topological polar surface area (TPSA) is 92.3 Å². The van der Waals surface area contributed by atoms with Crippen molar-refractivity contribution in [3.63, 3.8) is 0 Å². The number of hydrogen-bond acceptors (Lipinski definition) is 5. The Bertz CT molecular complexity index is 626. The number of aromatic nitrogens is 3. The minimum atomic E-state index is -0.920. The van der Waals surface area contributed by atoms with Crippen LogP contribution in [0.3, 0.4) is 0 Å². The fraction of sp³-hybridized carbons (Fsp3) is 0.182. The fourth-order valence-electron chi connectivity index (χ4n) is 1.59. The molecule has 0 aliphatic heterocycles. The second-order valence-corrected chi connectivity index (χ2v) is 4.56. The van der Waals surface area contributed by atoms with Gasteiger partial charge in [-0.25, -0.2) is 9.78 Å². The van der Waals surface area contributed by atoms with Gasteiger partial charge in [-0.15, -0.1) is 0 Å². The Kier molecular flexibility index (Phi) is 3.70. The molecule has 1 aromatic carbocycles. The van der Waals surface area contributed by atoms with E-state index in [1.807, 2.05) is 0 Å². The molecule has 0 radical (unpaired) electrons. The Hall–Kier alpha value is -2.09. The first-order chi connectivity index (χ1) is 9.01. The fourth-order valence-corrected chi connectivity index (χ4v) is 2.03. The summed E-state index contributed by atoms with van der Waals surface area (Å²) in [4.78, 5) is 15.0. The maximum Gasteiger partial charge on any atom is 0.410 e. The van der Waals surface area contributed by atoms with Crippen LogP contribution in [0.5, 0.6) is 11.5 Å². The van der Waals surface area contributed by atoms with Gasteiger partial charge in [0.1, 0.15) is 6.33 Å². The SMILES string of the molecule is COc1c(OC(N)=O)cc(Br)cc1-c1ncn(C)n1. The molecule has 1 aromatic heterocycles. The van der Waals surface area contributed by atoms with Crippen LogP contribution in [0.1, 0.15) is 0 Å². The monoisotopic (exact) mass is 326 g/mol. The van der Waals surface area contributed by atoms with E-state index in [9.17, 15) is 4.79 Å². The zero-order valence-corrected chi connectivity index (χ0v) is 11.8. The molecule has 1 amide bonds. The quantitative estimate of drug-likeness (QED) is 0.926. The van der Waals surface area contributed by atoms with Gasteiger partial charge < -0.3 is 15.2 Å². The molecule has 0 saturated heterocycles. The van der Waals surface area contributed by atoms with Crippen molar-refractivity contribution < 1.29 is 14.3 Å². The van der Waals surface area contributed by atoms with E-state index in [0.717, 1.165) is 0 Å². The van der Waals surface area contributed by atoms with Crippen LogP contribution < -0.4 is 15.2 Å². The van der Waals surface area contributed by atoms with Crippen molar-refractivity contribution in [2.75, 3.05) is 7.11 Å². The number of nitrogens with zero attached hydrogens (tertiary/aromatic N) is 3. The molecule has 8 heteroatoms. The standard InChI is InChI=1S/C11H11BrN4O3/c1-16-5-14-10(15-16)7-3-6(12)4-8(9(7)18-2)19-11(13)17/h3-5H,1-2H3,(H2,13,17). The number of carbonyl (C=O) groups excluding carboxylic acids is 1. The lowest BCUT2D eigenvalue weighted by molar-refractivity contribution is 0.208. The van der Waals surface area contributed by atoms with E-state index < -0.39 is 6.09 Å². The van der Waals surface area contributed by atoms with Crippen molar-refractivity contribution in [1.29, 1.82) is 0 Å². The lowest BCUT2D eigenvalue weighted by Gasteiger charge is -2.11. The first-order valence-electron chi connectivity index (χ1n) is 5.22. The first-order valence-corrected chi connectivity index (χ1v) is 6.01. The summed E-state index contributed by atoms with van der Waals surface area (Å²) in [5, 5.41) is 4.18. The van der Waals surface area contributed by atoms with Gasteiger partial charge in [0.2, 0.25) is 0 Å². The summed E-state index contributed by atoms with van der Waals surface area (Å²) < 4.78 is 12.4. The van der Waals surface area contributed by atoms with Crippen LogP contribution in [0, 0.1) is 0 Å². The normalized spacial score (nSPS) is 10.3. The van der Waals surface area contributed by atoms with Crippen LogP contribution in [0.2, 0.25) is 0 Å². The van der Waals surface area contributed by atoms with Gasteiger partial charge in [0.15, 0.2) is 17.3 Å². The summed E-state index contributed by atoms with van der Waals surface area (Å²) in [5.74, 6) is 0.995. The minimum Gasteiger partial charge on any atom is -0.492 e. The van der Waals surface area contributed by atoms with Gasteiger partial charge in [-0.2, -0.15) is 5.10 Å². The lowest BCUT2D eigenvalue weighted by atomic mass is 10.1. The molecular weight excluding hydrogens is 316 g/mol. The highest BCUT2D eigenvalue weighted by Crippen LogP contribution is 2.39. The Labute approximate surface area is 117 Å². The summed E-state index contributed by atoms with van der Waals surface area (Å²) in [6.07, 6.45) is 0.640. The summed E-state index contributed by atoms with van der Waals surface area (Å²) in [7, 11) is 3.21. The van der Waals surface area contributed by atoms with Gasteiger partial charge >= 0.3 is 6.09 Å². The van der Waals surface area contributed by atoms with E-state index >= 15 is 0 Å². The molecule has 0 aliphatic rings. The molecule has 0 aliphatic carbocycles. The first kappa shape index (κ1) is 13.3. The lowest BCUT2D eigenvalue weighted by Crippen LogP contribution is -2.16. The highest BCUT2D eigenvalue weighted by Gasteiger charge is 2.18. The van der Waals surface area contributed by atoms with Gasteiger partial charge in [-0.3, -0.25) is 4.68 Å². The number of hydrogen-bond donors (Lipinski definition) is 1. The van der Waals surface area contributed by atoms with Crippen molar-refractivity contribution in [1.82, 2.24) is 14.8 Å². The highest BCUT2D eigenvalue weighted by atomic mass is 79.9. The Morgan fingerprint density at radius 3 is 2.74 bits per heavy atom. The highest BCUT2D eigenvalue weighted by molar-refractivity contribution is 9.10. The molecule has 0 unspecified atom stereocenters. The van der Waals surface area contributed by atoms with Crippen LogP contribution in [0.15, 0.2) is 22.9 Å². The van der Waals surface area contributed by atoms with Crippen molar-refractivity contribution in [3.8, 4) is 22.9 Å². The van der Waals surface area contributed by atoms with E-state index in [1.54, 1.807) is 30.2 Å². The molecule has 7 nitrogen and oxygen atoms in total. The molecule has 0 fully saturated rings. The molecule has 2 N–H and O–H groups in total. The average Bonchev–Trinajstić information content (AvgIpc) is 2.74. The second kappa shape index (κ2) is 5.27. The number of nitrogens with two attached hydrogens (primary N) is 1. The summed E-state index contributed by atoms with van der Waals surface area (Å²) >= 11 is 3.32. The van der Waals surface area contributed by atoms with Gasteiger partial charge in [-0.05, 0) is 12.1 Å². The predicted molar refractivity (Wildman–Crippen MR) is 70.9 cm³/mol. The number of carbonyl (C=O) groups is 1. The number of benzene rings is 1. The number of primary amides is 1. The van der Waals surface area contributed by atoms with E-state index in [-0.39, 0.29) is 5.75 Å². The van der Waals surface area contributed by atoms with E-state index in [4.69, 9.17) is 15.2 Å². The van der Waals surface area contributed by atoms with Crippen molar-refractivity contribution in [3.05, 3.63) is 22.9 Å². The number of methoxy groups -OCH3 is 1. The largest absolute Gasteiger partial charge is 0.492 e. The van der Waals surface area contributed by atoms with Gasteiger partial charge in [0.25, 0.3) is 0 Å². The molecule has 19 heavy (non-hydrogen) atoms. The molecule has 0 saturated carbocycles.